The molecule has 0 amide bonds. The molecule has 0 unspecified atom stereocenters. The molecule has 0 heterocycles. The molecule has 0 aromatic carbocycles. The predicted octanol–water partition coefficient (Wildman–Crippen LogP) is 2.96. The van der Waals surface area contributed by atoms with E-state index in [1.807, 2.05) is 0 Å². The van der Waals surface area contributed by atoms with Gasteiger partial charge in [-0.1, -0.05) is 45.4 Å². The Kier molecular flexibility index (Phi) is 17.2. The van der Waals surface area contributed by atoms with Gasteiger partial charge in [-0.05, 0) is 19.3 Å². The number of carbonyl (C=O) groups excluding carboxylic acids is 1. The van der Waals surface area contributed by atoms with Crippen LogP contribution in [0.3, 0.4) is 0 Å². The Labute approximate surface area is 151 Å². The Hall–Kier alpha value is 0.380. The monoisotopic (exact) mass is 331 g/mol. The molecular weight excluding hydrogens is 303 g/mol. The quantitative estimate of drug-likeness (QED) is 0.243. The minimum atomic E-state index is -3.83. The van der Waals surface area contributed by atoms with Crippen LogP contribution in [0.4, 0.5) is 0 Å². The van der Waals surface area contributed by atoms with E-state index in [1.54, 1.807) is 0 Å². The summed E-state index contributed by atoms with van der Waals surface area (Å²) >= 11 is 0. The fourth-order valence-electron chi connectivity index (χ4n) is 1.87. The van der Waals surface area contributed by atoms with E-state index in [4.69, 9.17) is 9.29 Å². The summed E-state index contributed by atoms with van der Waals surface area (Å²) in [4.78, 5) is 11.4. The largest absolute Gasteiger partial charge is 0.466 e. The number of rotatable bonds is 13. The van der Waals surface area contributed by atoms with Gasteiger partial charge in [0, 0.05) is 36.0 Å². The summed E-state index contributed by atoms with van der Waals surface area (Å²) in [6, 6.07) is 0. The zero-order valence-corrected chi connectivity index (χ0v) is 16.3. The second kappa shape index (κ2) is 15.3. The molecule has 0 saturated heterocycles. The van der Waals surface area contributed by atoms with Crippen molar-refractivity contribution in [2.24, 2.45) is 0 Å². The van der Waals surface area contributed by atoms with Crippen LogP contribution in [0, 0.1) is 0 Å². The first-order chi connectivity index (χ1) is 9.45. The van der Waals surface area contributed by atoms with Crippen molar-refractivity contribution in [1.29, 1.82) is 0 Å². The van der Waals surface area contributed by atoms with Crippen LogP contribution in [-0.2, 0) is 19.6 Å². The third-order valence-corrected chi connectivity index (χ3v) is 3.85. The van der Waals surface area contributed by atoms with Crippen molar-refractivity contribution < 1.29 is 22.5 Å². The van der Waals surface area contributed by atoms with Crippen LogP contribution in [-0.4, -0.2) is 60.9 Å². The molecule has 0 aliphatic heterocycles. The molecule has 0 aromatic rings. The van der Waals surface area contributed by atoms with Gasteiger partial charge in [-0.15, -0.1) is 0 Å². The van der Waals surface area contributed by atoms with Crippen molar-refractivity contribution in [3.05, 3.63) is 0 Å². The molecule has 0 aliphatic carbocycles. The van der Waals surface area contributed by atoms with Gasteiger partial charge in [0.05, 0.1) is 12.4 Å². The molecule has 0 rings (SSSR count). The first kappa shape index (κ1) is 23.6. The number of hydrogen-bond donors (Lipinski definition) is 1. The van der Waals surface area contributed by atoms with Crippen molar-refractivity contribution >= 4 is 45.6 Å². The number of ether oxygens (including phenoxy) is 1. The first-order valence-corrected chi connectivity index (χ1v) is 9.17. The maximum Gasteiger partial charge on any atom is 0.305 e. The fraction of sp³-hybridized carbons (Fsp3) is 0.929. The minimum Gasteiger partial charge on any atom is -0.466 e. The van der Waals surface area contributed by atoms with Gasteiger partial charge in [0.2, 0.25) is 0 Å². The van der Waals surface area contributed by atoms with Gasteiger partial charge in [0.25, 0.3) is 10.1 Å². The Morgan fingerprint density at radius 1 is 0.952 bits per heavy atom. The van der Waals surface area contributed by atoms with Gasteiger partial charge >= 0.3 is 5.97 Å². The van der Waals surface area contributed by atoms with Gasteiger partial charge in [-0.3, -0.25) is 9.35 Å². The number of esters is 1. The van der Waals surface area contributed by atoms with Gasteiger partial charge in [0.1, 0.15) is 0 Å². The van der Waals surface area contributed by atoms with Crippen LogP contribution >= 0.6 is 0 Å². The number of hydrogen-bond acceptors (Lipinski definition) is 4. The molecule has 0 bridgehead atoms. The van der Waals surface area contributed by atoms with E-state index < -0.39 is 10.1 Å². The molecule has 121 valence electrons. The van der Waals surface area contributed by atoms with Gasteiger partial charge < -0.3 is 4.74 Å². The molecule has 0 aliphatic rings. The van der Waals surface area contributed by atoms with E-state index in [0.29, 0.717) is 25.9 Å². The summed E-state index contributed by atoms with van der Waals surface area (Å²) in [6.07, 6.45) is 8.78. The summed E-state index contributed by atoms with van der Waals surface area (Å²) in [5.74, 6) is -0.329. The molecule has 0 aromatic heterocycles. The Morgan fingerprint density at radius 2 is 1.52 bits per heavy atom. The molecular formula is C14H28NaO5S. The van der Waals surface area contributed by atoms with Crippen LogP contribution in [0.15, 0.2) is 0 Å². The van der Waals surface area contributed by atoms with E-state index in [0.717, 1.165) is 25.7 Å². The first-order valence-electron chi connectivity index (χ1n) is 7.56. The molecule has 21 heavy (non-hydrogen) atoms. The van der Waals surface area contributed by atoms with Crippen LogP contribution in [0.25, 0.3) is 0 Å². The van der Waals surface area contributed by atoms with E-state index in [-0.39, 0.29) is 41.3 Å². The average Bonchev–Trinajstić information content (AvgIpc) is 2.36. The van der Waals surface area contributed by atoms with Gasteiger partial charge in [-0.2, -0.15) is 8.42 Å². The summed E-state index contributed by atoms with van der Waals surface area (Å²) in [6.45, 7) is 2.56. The zero-order chi connectivity index (χ0) is 15.3. The Balaban J connectivity index is 0. The van der Waals surface area contributed by atoms with Crippen molar-refractivity contribution in [2.75, 3.05) is 12.4 Å². The van der Waals surface area contributed by atoms with Crippen molar-refractivity contribution in [2.45, 2.75) is 71.1 Å². The standard InChI is InChI=1S/C14H28O5S.Na/c1-2-3-4-5-8-11-14(15)19-12-9-6-7-10-13-20(16,17)18;/h2-13H2,1H3,(H,16,17,18);. The topological polar surface area (TPSA) is 80.7 Å². The van der Waals surface area contributed by atoms with E-state index in [9.17, 15) is 13.2 Å². The summed E-state index contributed by atoms with van der Waals surface area (Å²) in [5.41, 5.74) is 0. The van der Waals surface area contributed by atoms with Crippen molar-refractivity contribution in [1.82, 2.24) is 0 Å². The van der Waals surface area contributed by atoms with E-state index in [2.05, 4.69) is 6.92 Å². The summed E-state index contributed by atoms with van der Waals surface area (Å²) in [5, 5.41) is 0. The van der Waals surface area contributed by atoms with Crippen molar-refractivity contribution in [3.63, 3.8) is 0 Å². The second-order valence-corrected chi connectivity index (χ2v) is 6.66. The molecule has 0 saturated carbocycles. The van der Waals surface area contributed by atoms with E-state index in [1.165, 1.54) is 19.3 Å². The normalized spacial score (nSPS) is 11.0. The van der Waals surface area contributed by atoms with Crippen LogP contribution in [0.5, 0.6) is 0 Å². The number of unbranched alkanes of at least 4 members (excludes halogenated alkanes) is 7. The van der Waals surface area contributed by atoms with Crippen LogP contribution in [0.1, 0.15) is 71.1 Å². The second-order valence-electron chi connectivity index (χ2n) is 5.08. The fourth-order valence-corrected chi connectivity index (χ4v) is 2.44. The third-order valence-electron chi connectivity index (χ3n) is 3.04. The SMILES string of the molecule is CCCCCCCC(=O)OCCCCCCS(=O)(=O)O.[Na]. The number of carbonyl (C=O) groups is 1. The van der Waals surface area contributed by atoms with Gasteiger partial charge in [0.15, 0.2) is 0 Å². The molecule has 1 radical (unpaired) electrons. The summed E-state index contributed by atoms with van der Waals surface area (Å²) < 4.78 is 34.5. The van der Waals surface area contributed by atoms with Gasteiger partial charge in [-0.25, -0.2) is 0 Å². The minimum absolute atomic E-state index is 0. The molecule has 5 nitrogen and oxygen atoms in total. The summed E-state index contributed by atoms with van der Waals surface area (Å²) in [7, 11) is -3.83. The molecule has 1 N–H and O–H groups in total. The third kappa shape index (κ3) is 20.4. The Morgan fingerprint density at radius 3 is 2.14 bits per heavy atom. The maximum atomic E-state index is 11.4. The molecule has 0 fully saturated rings. The maximum absolute atomic E-state index is 11.4. The van der Waals surface area contributed by atoms with E-state index >= 15 is 0 Å². The zero-order valence-electron chi connectivity index (χ0n) is 13.5. The Bertz CT molecular complexity index is 343. The van der Waals surface area contributed by atoms with Crippen LogP contribution in [0.2, 0.25) is 0 Å². The molecule has 0 atom stereocenters. The predicted molar refractivity (Wildman–Crippen MR) is 85.0 cm³/mol. The molecule has 7 heteroatoms. The molecule has 0 spiro atoms. The van der Waals surface area contributed by atoms with Crippen LogP contribution < -0.4 is 0 Å². The average molecular weight is 331 g/mol. The smallest absolute Gasteiger partial charge is 0.305 e. The van der Waals surface area contributed by atoms with Crippen molar-refractivity contribution in [3.8, 4) is 0 Å².